The first-order valence-electron chi connectivity index (χ1n) is 6.85. The summed E-state index contributed by atoms with van der Waals surface area (Å²) in [5.74, 6) is 0.731. The van der Waals surface area contributed by atoms with Crippen LogP contribution in [0.25, 0.3) is 0 Å². The van der Waals surface area contributed by atoms with Gasteiger partial charge in [0.2, 0.25) is 0 Å². The van der Waals surface area contributed by atoms with Crippen molar-refractivity contribution in [3.05, 3.63) is 58.6 Å². The Morgan fingerprint density at radius 2 is 1.86 bits per heavy atom. The van der Waals surface area contributed by atoms with E-state index >= 15 is 0 Å². The van der Waals surface area contributed by atoms with Gasteiger partial charge in [0.1, 0.15) is 12.4 Å². The second-order valence-corrected chi connectivity index (χ2v) is 5.39. The van der Waals surface area contributed by atoms with Crippen LogP contribution in [0.4, 0.5) is 5.69 Å². The van der Waals surface area contributed by atoms with Crippen LogP contribution >= 0.6 is 11.6 Å². The third kappa shape index (κ3) is 4.40. The van der Waals surface area contributed by atoms with Crippen molar-refractivity contribution in [2.75, 3.05) is 26.1 Å². The Balaban J connectivity index is 1.94. The van der Waals surface area contributed by atoms with E-state index in [0.717, 1.165) is 22.6 Å². The average Bonchev–Trinajstić information content (AvgIpc) is 2.52. The second kappa shape index (κ2) is 7.71. The molecule has 0 saturated heterocycles. The number of oxime groups is 1. The fourth-order valence-electron chi connectivity index (χ4n) is 1.92. The van der Waals surface area contributed by atoms with Gasteiger partial charge in [0.15, 0.2) is 0 Å². The molecule has 0 aromatic heterocycles. The largest absolute Gasteiger partial charge is 0.496 e. The number of benzene rings is 2. The zero-order chi connectivity index (χ0) is 15.9. The topological polar surface area (TPSA) is 34.1 Å². The summed E-state index contributed by atoms with van der Waals surface area (Å²) in [6, 6.07) is 13.4. The predicted octanol–water partition coefficient (Wildman–Crippen LogP) is 3.97. The van der Waals surface area contributed by atoms with Gasteiger partial charge in [-0.2, -0.15) is 0 Å². The molecule has 5 heteroatoms. The smallest absolute Gasteiger partial charge is 0.145 e. The van der Waals surface area contributed by atoms with E-state index in [0.29, 0.717) is 11.6 Å². The third-order valence-corrected chi connectivity index (χ3v) is 3.38. The molecule has 0 amide bonds. The lowest BCUT2D eigenvalue weighted by molar-refractivity contribution is 0.130. The number of anilines is 1. The molecule has 0 saturated carbocycles. The van der Waals surface area contributed by atoms with Gasteiger partial charge in [-0.1, -0.05) is 28.9 Å². The first-order chi connectivity index (χ1) is 10.6. The summed E-state index contributed by atoms with van der Waals surface area (Å²) in [6.45, 7) is 0.302. The molecule has 2 rings (SSSR count). The van der Waals surface area contributed by atoms with Crippen molar-refractivity contribution in [3.8, 4) is 5.75 Å². The summed E-state index contributed by atoms with van der Waals surface area (Å²) in [4.78, 5) is 7.36. The van der Waals surface area contributed by atoms with E-state index in [1.807, 2.05) is 55.4 Å². The maximum Gasteiger partial charge on any atom is 0.145 e. The highest BCUT2D eigenvalue weighted by molar-refractivity contribution is 6.30. The Morgan fingerprint density at radius 3 is 2.50 bits per heavy atom. The quantitative estimate of drug-likeness (QED) is 0.597. The van der Waals surface area contributed by atoms with Crippen molar-refractivity contribution in [3.63, 3.8) is 0 Å². The van der Waals surface area contributed by atoms with Gasteiger partial charge in [-0.15, -0.1) is 0 Å². The van der Waals surface area contributed by atoms with Crippen LogP contribution in [-0.4, -0.2) is 27.4 Å². The van der Waals surface area contributed by atoms with Gasteiger partial charge in [-0.3, -0.25) is 0 Å². The Labute approximate surface area is 135 Å². The molecule has 0 bridgehead atoms. The average molecular weight is 319 g/mol. The van der Waals surface area contributed by atoms with Crippen molar-refractivity contribution in [2.24, 2.45) is 5.16 Å². The van der Waals surface area contributed by atoms with Gasteiger partial charge in [0.25, 0.3) is 0 Å². The number of halogens is 1. The maximum absolute atomic E-state index is 5.97. The Bertz CT molecular complexity index is 640. The normalized spacial score (nSPS) is 10.7. The lowest BCUT2D eigenvalue weighted by Crippen LogP contribution is -2.08. The molecular weight excluding hydrogens is 300 g/mol. The summed E-state index contributed by atoms with van der Waals surface area (Å²) in [5, 5.41) is 4.62. The Hall–Kier alpha value is -2.20. The van der Waals surface area contributed by atoms with Crippen LogP contribution in [0.5, 0.6) is 5.75 Å². The molecule has 0 fully saturated rings. The molecule has 2 aromatic rings. The van der Waals surface area contributed by atoms with Crippen LogP contribution < -0.4 is 9.64 Å². The van der Waals surface area contributed by atoms with Crippen LogP contribution in [0.1, 0.15) is 11.1 Å². The van der Waals surface area contributed by atoms with E-state index in [1.165, 1.54) is 0 Å². The summed E-state index contributed by atoms with van der Waals surface area (Å²) >= 11 is 5.97. The summed E-state index contributed by atoms with van der Waals surface area (Å²) in [5.41, 5.74) is 2.97. The van der Waals surface area contributed by atoms with Gasteiger partial charge < -0.3 is 14.5 Å². The number of hydrogen-bond donors (Lipinski definition) is 0. The first kappa shape index (κ1) is 16.2. The van der Waals surface area contributed by atoms with Crippen LogP contribution in [0, 0.1) is 0 Å². The van der Waals surface area contributed by atoms with Crippen molar-refractivity contribution in [1.82, 2.24) is 0 Å². The van der Waals surface area contributed by atoms with Gasteiger partial charge in [-0.05, 0) is 35.9 Å². The van der Waals surface area contributed by atoms with E-state index in [-0.39, 0.29) is 0 Å². The van der Waals surface area contributed by atoms with E-state index in [9.17, 15) is 0 Å². The second-order valence-electron chi connectivity index (χ2n) is 4.95. The van der Waals surface area contributed by atoms with E-state index in [2.05, 4.69) is 5.16 Å². The summed E-state index contributed by atoms with van der Waals surface area (Å²) in [7, 11) is 5.62. The van der Waals surface area contributed by atoms with E-state index in [1.54, 1.807) is 19.4 Å². The molecule has 0 spiro atoms. The third-order valence-electron chi connectivity index (χ3n) is 3.15. The fourth-order valence-corrected chi connectivity index (χ4v) is 2.12. The number of methoxy groups -OCH3 is 1. The van der Waals surface area contributed by atoms with Crippen LogP contribution in [-0.2, 0) is 11.4 Å². The molecule has 0 aliphatic rings. The zero-order valence-corrected chi connectivity index (χ0v) is 13.7. The standard InChI is InChI=1S/C17H19ClN2O2/c1-20(2)16-7-4-13(5-8-16)11-19-22-12-14-10-15(18)6-9-17(14)21-3/h4-11H,12H2,1-3H3. The highest BCUT2D eigenvalue weighted by atomic mass is 35.5. The molecule has 116 valence electrons. The number of nitrogens with zero attached hydrogens (tertiary/aromatic N) is 2. The van der Waals surface area contributed by atoms with Crippen molar-refractivity contribution in [2.45, 2.75) is 6.61 Å². The Morgan fingerprint density at radius 1 is 1.14 bits per heavy atom. The SMILES string of the molecule is COc1ccc(Cl)cc1CON=Cc1ccc(N(C)C)cc1. The molecule has 0 unspecified atom stereocenters. The maximum atomic E-state index is 5.97. The minimum absolute atomic E-state index is 0.302. The zero-order valence-electron chi connectivity index (χ0n) is 12.9. The predicted molar refractivity (Wildman–Crippen MR) is 91.2 cm³/mol. The molecule has 0 radical (unpaired) electrons. The molecule has 2 aromatic carbocycles. The monoisotopic (exact) mass is 318 g/mol. The number of ether oxygens (including phenoxy) is 1. The molecule has 0 heterocycles. The van der Waals surface area contributed by atoms with Crippen LogP contribution in [0.3, 0.4) is 0 Å². The molecule has 0 aliphatic carbocycles. The van der Waals surface area contributed by atoms with Crippen molar-refractivity contribution < 1.29 is 9.57 Å². The molecular formula is C17H19ClN2O2. The van der Waals surface area contributed by atoms with Gasteiger partial charge in [-0.25, -0.2) is 0 Å². The molecule has 0 N–H and O–H groups in total. The minimum atomic E-state index is 0.302. The highest BCUT2D eigenvalue weighted by Gasteiger charge is 2.04. The van der Waals surface area contributed by atoms with Gasteiger partial charge in [0, 0.05) is 30.4 Å². The number of hydrogen-bond acceptors (Lipinski definition) is 4. The number of rotatable bonds is 6. The Kier molecular flexibility index (Phi) is 5.67. The van der Waals surface area contributed by atoms with Crippen molar-refractivity contribution >= 4 is 23.5 Å². The molecule has 22 heavy (non-hydrogen) atoms. The van der Waals surface area contributed by atoms with Crippen molar-refractivity contribution in [1.29, 1.82) is 0 Å². The van der Waals surface area contributed by atoms with Crippen LogP contribution in [0.2, 0.25) is 5.02 Å². The van der Waals surface area contributed by atoms with Crippen LogP contribution in [0.15, 0.2) is 47.6 Å². The molecule has 0 atom stereocenters. The minimum Gasteiger partial charge on any atom is -0.496 e. The van der Waals surface area contributed by atoms with E-state index in [4.69, 9.17) is 21.2 Å². The lowest BCUT2D eigenvalue weighted by atomic mass is 10.2. The molecule has 0 aliphatic heterocycles. The van der Waals surface area contributed by atoms with E-state index < -0.39 is 0 Å². The first-order valence-corrected chi connectivity index (χ1v) is 7.23. The lowest BCUT2D eigenvalue weighted by Gasteiger charge is -2.11. The van der Waals surface area contributed by atoms with Gasteiger partial charge in [0.05, 0.1) is 13.3 Å². The summed E-state index contributed by atoms with van der Waals surface area (Å²) in [6.07, 6.45) is 1.68. The molecule has 4 nitrogen and oxygen atoms in total. The van der Waals surface area contributed by atoms with Gasteiger partial charge >= 0.3 is 0 Å². The fraction of sp³-hybridized carbons (Fsp3) is 0.235. The highest BCUT2D eigenvalue weighted by Crippen LogP contribution is 2.23. The summed E-state index contributed by atoms with van der Waals surface area (Å²) < 4.78 is 5.26.